The molecule has 166 valence electrons. The van der Waals surface area contributed by atoms with Gasteiger partial charge in [0.15, 0.2) is 0 Å². The molecule has 5 rings (SSSR count). The van der Waals surface area contributed by atoms with Gasteiger partial charge in [-0.25, -0.2) is 23.4 Å². The van der Waals surface area contributed by atoms with Crippen molar-refractivity contribution >= 4 is 21.7 Å². The van der Waals surface area contributed by atoms with Crippen molar-refractivity contribution in [2.75, 3.05) is 0 Å². The number of halogens is 2. The highest BCUT2D eigenvalue weighted by atomic mass is 19.1. The first-order chi connectivity index (χ1) is 15.9. The average molecular weight is 447 g/mol. The second-order valence-corrected chi connectivity index (χ2v) is 7.99. The lowest BCUT2D eigenvalue weighted by molar-refractivity contribution is -0.0343. The second-order valence-electron chi connectivity index (χ2n) is 7.99. The van der Waals surface area contributed by atoms with Gasteiger partial charge in [-0.2, -0.15) is 5.10 Å². The minimum absolute atomic E-state index is 0.169. The number of fused-ring (bicyclic) bond motifs is 2. The van der Waals surface area contributed by atoms with Gasteiger partial charge in [0, 0.05) is 11.6 Å². The number of benzene rings is 3. The van der Waals surface area contributed by atoms with Crippen molar-refractivity contribution in [1.82, 2.24) is 24.3 Å². The van der Waals surface area contributed by atoms with Crippen molar-refractivity contribution in [2.45, 2.75) is 25.1 Å². The highest BCUT2D eigenvalue weighted by Gasteiger charge is 2.41. The summed E-state index contributed by atoms with van der Waals surface area (Å²) < 4.78 is 31.0. The smallest absolute Gasteiger partial charge is 0.261 e. The van der Waals surface area contributed by atoms with Crippen LogP contribution in [-0.4, -0.2) is 29.4 Å². The minimum atomic E-state index is -1.97. The van der Waals surface area contributed by atoms with Gasteiger partial charge in [-0.05, 0) is 35.9 Å². The van der Waals surface area contributed by atoms with Crippen molar-refractivity contribution in [3.8, 4) is 0 Å². The van der Waals surface area contributed by atoms with E-state index in [2.05, 4.69) is 15.1 Å². The van der Waals surface area contributed by atoms with Crippen LogP contribution in [0.5, 0.6) is 0 Å². The van der Waals surface area contributed by atoms with Crippen LogP contribution < -0.4 is 5.56 Å². The van der Waals surface area contributed by atoms with E-state index in [4.69, 9.17) is 0 Å². The summed E-state index contributed by atoms with van der Waals surface area (Å²) in [5, 5.41) is 18.0. The second kappa shape index (κ2) is 7.86. The summed E-state index contributed by atoms with van der Waals surface area (Å²) in [6.45, 7) is 1.36. The first-order valence-electron chi connectivity index (χ1n) is 10.3. The molecule has 0 radical (unpaired) electrons. The van der Waals surface area contributed by atoms with Gasteiger partial charge in [-0.15, -0.1) is 0 Å². The predicted octanol–water partition coefficient (Wildman–Crippen LogP) is 3.57. The van der Waals surface area contributed by atoms with Gasteiger partial charge in [0.2, 0.25) is 0 Å². The zero-order chi connectivity index (χ0) is 23.2. The predicted molar refractivity (Wildman–Crippen MR) is 118 cm³/mol. The van der Waals surface area contributed by atoms with Crippen LogP contribution in [0.3, 0.4) is 0 Å². The molecule has 0 saturated carbocycles. The molecule has 3 aromatic carbocycles. The van der Waals surface area contributed by atoms with E-state index in [0.29, 0.717) is 17.0 Å². The first-order valence-corrected chi connectivity index (χ1v) is 10.3. The third kappa shape index (κ3) is 3.56. The molecule has 0 spiro atoms. The van der Waals surface area contributed by atoms with Crippen LogP contribution in [0, 0.1) is 11.6 Å². The summed E-state index contributed by atoms with van der Waals surface area (Å²) in [7, 11) is 0. The summed E-state index contributed by atoms with van der Waals surface area (Å²) in [6, 6.07) is 13.1. The Morgan fingerprint density at radius 3 is 2.52 bits per heavy atom. The molecule has 1 N–H and O–H groups in total. The number of hydrogen-bond donors (Lipinski definition) is 1. The normalized spacial score (nSPS) is 14.4. The van der Waals surface area contributed by atoms with E-state index in [0.717, 1.165) is 16.8 Å². The van der Waals surface area contributed by atoms with E-state index in [1.54, 1.807) is 13.0 Å². The molecule has 5 aromatic rings. The number of rotatable bonds is 5. The zero-order valence-electron chi connectivity index (χ0n) is 17.6. The van der Waals surface area contributed by atoms with Crippen molar-refractivity contribution in [2.24, 2.45) is 0 Å². The van der Waals surface area contributed by atoms with E-state index in [1.165, 1.54) is 34.3 Å². The van der Waals surface area contributed by atoms with Crippen molar-refractivity contribution < 1.29 is 13.9 Å². The van der Waals surface area contributed by atoms with Gasteiger partial charge in [0.1, 0.15) is 29.9 Å². The minimum Gasteiger partial charge on any atom is -0.381 e. The van der Waals surface area contributed by atoms with Gasteiger partial charge in [-0.3, -0.25) is 9.36 Å². The van der Waals surface area contributed by atoms with Gasteiger partial charge in [0.25, 0.3) is 5.56 Å². The van der Waals surface area contributed by atoms with Crippen LogP contribution in [0.25, 0.3) is 21.7 Å². The lowest BCUT2D eigenvalue weighted by atomic mass is 9.86. The van der Waals surface area contributed by atoms with Crippen LogP contribution in [-0.2, 0) is 12.1 Å². The molecule has 2 unspecified atom stereocenters. The highest BCUT2D eigenvalue weighted by molar-refractivity contribution is 5.95. The molecule has 0 fully saturated rings. The molecule has 0 aliphatic rings. The molecule has 33 heavy (non-hydrogen) atoms. The maximum atomic E-state index is 14.8. The molecule has 2 aromatic heterocycles. The fourth-order valence-corrected chi connectivity index (χ4v) is 4.17. The monoisotopic (exact) mass is 447 g/mol. The molecule has 9 heteroatoms. The van der Waals surface area contributed by atoms with Crippen LogP contribution in [0.4, 0.5) is 8.78 Å². The van der Waals surface area contributed by atoms with Crippen molar-refractivity contribution in [1.29, 1.82) is 0 Å². The summed E-state index contributed by atoms with van der Waals surface area (Å²) in [6.07, 6.45) is 3.98. The SMILES string of the molecule is CC(n1cnc2cc3ccccc3cc2c1=O)C(O)(Cn1cncn1)c1ccc(F)cc1F. The van der Waals surface area contributed by atoms with Crippen molar-refractivity contribution in [3.05, 3.63) is 101 Å². The lowest BCUT2D eigenvalue weighted by Gasteiger charge is -2.35. The molecule has 7 nitrogen and oxygen atoms in total. The molecule has 2 heterocycles. The van der Waals surface area contributed by atoms with E-state index < -0.39 is 28.8 Å². The van der Waals surface area contributed by atoms with E-state index in [9.17, 15) is 18.7 Å². The van der Waals surface area contributed by atoms with Crippen LogP contribution in [0.15, 0.2) is 78.4 Å². The maximum Gasteiger partial charge on any atom is 0.261 e. The Labute approximate surface area is 186 Å². The Hall–Kier alpha value is -3.98. The van der Waals surface area contributed by atoms with Gasteiger partial charge < -0.3 is 5.11 Å². The third-order valence-electron chi connectivity index (χ3n) is 6.03. The van der Waals surface area contributed by atoms with Crippen LogP contribution in [0.1, 0.15) is 18.5 Å². The lowest BCUT2D eigenvalue weighted by Crippen LogP contribution is -2.43. The number of hydrogen-bond acceptors (Lipinski definition) is 5. The Balaban J connectivity index is 1.69. The van der Waals surface area contributed by atoms with Crippen LogP contribution >= 0.6 is 0 Å². The quantitative estimate of drug-likeness (QED) is 0.417. The maximum absolute atomic E-state index is 14.8. The first kappa shape index (κ1) is 20.9. The largest absolute Gasteiger partial charge is 0.381 e. The van der Waals surface area contributed by atoms with Gasteiger partial charge in [-0.1, -0.05) is 30.3 Å². The summed E-state index contributed by atoms with van der Waals surface area (Å²) in [5.41, 5.74) is -2.02. The number of nitrogens with zero attached hydrogens (tertiary/aromatic N) is 5. The Kier molecular flexibility index (Phi) is 4.98. The fourth-order valence-electron chi connectivity index (χ4n) is 4.17. The Bertz CT molecular complexity index is 1530. The van der Waals surface area contributed by atoms with E-state index in [-0.39, 0.29) is 12.1 Å². The van der Waals surface area contributed by atoms with Crippen molar-refractivity contribution in [3.63, 3.8) is 0 Å². The summed E-state index contributed by atoms with van der Waals surface area (Å²) in [5.74, 6) is -1.71. The topological polar surface area (TPSA) is 85.8 Å². The zero-order valence-corrected chi connectivity index (χ0v) is 17.6. The highest BCUT2D eigenvalue weighted by Crippen LogP contribution is 2.36. The molecular weight excluding hydrogens is 428 g/mol. The number of aromatic nitrogens is 5. The molecule has 0 aliphatic heterocycles. The molecule has 0 bridgehead atoms. The standard InChI is InChI=1S/C24H19F2N5O2/c1-15(24(33,11-30-13-27-12-29-30)20-7-6-18(25)10-21(20)26)31-14-28-22-9-17-5-3-2-4-16(17)8-19(22)23(31)32/h2-10,12-15,33H,11H2,1H3. The molecule has 2 atom stereocenters. The molecule has 0 aliphatic carbocycles. The van der Waals surface area contributed by atoms with Gasteiger partial charge >= 0.3 is 0 Å². The molecule has 0 saturated heterocycles. The fraction of sp³-hybridized carbons (Fsp3) is 0.167. The molecule has 0 amide bonds. The van der Waals surface area contributed by atoms with E-state index >= 15 is 0 Å². The number of aliphatic hydroxyl groups is 1. The average Bonchev–Trinajstić information content (AvgIpc) is 3.30. The Morgan fingerprint density at radius 2 is 1.82 bits per heavy atom. The van der Waals surface area contributed by atoms with Gasteiger partial charge in [0.05, 0.1) is 29.8 Å². The summed E-state index contributed by atoms with van der Waals surface area (Å²) in [4.78, 5) is 21.7. The molecular formula is C24H19F2N5O2. The third-order valence-corrected chi connectivity index (χ3v) is 6.03. The van der Waals surface area contributed by atoms with E-state index in [1.807, 2.05) is 30.3 Å². The Morgan fingerprint density at radius 1 is 1.06 bits per heavy atom. The summed E-state index contributed by atoms with van der Waals surface area (Å²) >= 11 is 0. The van der Waals surface area contributed by atoms with Crippen LogP contribution in [0.2, 0.25) is 0 Å².